The highest BCUT2D eigenvalue weighted by Gasteiger charge is 2.38. The molecule has 1 rings (SSSR count). The minimum absolute atomic E-state index is 0.0822. The number of carboxylic acids is 1. The van der Waals surface area contributed by atoms with Gasteiger partial charge in [-0.1, -0.05) is 13.8 Å². The van der Waals surface area contributed by atoms with Crippen LogP contribution < -0.4 is 5.32 Å². The van der Waals surface area contributed by atoms with Crippen molar-refractivity contribution in [2.45, 2.75) is 38.8 Å². The fourth-order valence-electron chi connectivity index (χ4n) is 2.41. The molecule has 3 N–H and O–H groups in total. The Morgan fingerprint density at radius 3 is 2.55 bits per heavy atom. The summed E-state index contributed by atoms with van der Waals surface area (Å²) in [6.45, 7) is 7.62. The van der Waals surface area contributed by atoms with E-state index in [0.29, 0.717) is 6.54 Å². The molecule has 1 aliphatic rings. The van der Waals surface area contributed by atoms with Crippen LogP contribution in [0.3, 0.4) is 0 Å². The lowest BCUT2D eigenvalue weighted by Gasteiger charge is -2.22. The summed E-state index contributed by atoms with van der Waals surface area (Å²) in [5, 5.41) is 21.2. The fourth-order valence-corrected chi connectivity index (χ4v) is 2.41. The summed E-state index contributed by atoms with van der Waals surface area (Å²) >= 11 is 0. The molecule has 0 aromatic rings. The summed E-state index contributed by atoms with van der Waals surface area (Å²) in [7, 11) is 0. The molecule has 1 fully saturated rings. The number of aliphatic hydroxyl groups excluding tert-OH is 1. The summed E-state index contributed by atoms with van der Waals surface area (Å²) in [4.78, 5) is 26.4. The van der Waals surface area contributed by atoms with Gasteiger partial charge in [-0.15, -0.1) is 0 Å². The second kappa shape index (κ2) is 8.06. The number of carbonyl (C=O) groups is 2. The quantitative estimate of drug-likeness (QED) is 0.571. The van der Waals surface area contributed by atoms with Gasteiger partial charge in [0.05, 0.1) is 6.10 Å². The molecule has 1 aliphatic heterocycles. The second-order valence-electron chi connectivity index (χ2n) is 5.01. The SMILES string of the molecule is CCN(CC)CCCNC(=O)N1C[C@@H](O)C[C@H]1C(=O)O. The molecular formula is C13H25N3O4. The first-order valence-corrected chi connectivity index (χ1v) is 7.17. The third-order valence-electron chi connectivity index (χ3n) is 3.65. The summed E-state index contributed by atoms with van der Waals surface area (Å²) in [6.07, 6.45) is 0.168. The molecule has 20 heavy (non-hydrogen) atoms. The van der Waals surface area contributed by atoms with E-state index in [4.69, 9.17) is 5.11 Å². The van der Waals surface area contributed by atoms with Gasteiger partial charge in [0.25, 0.3) is 0 Å². The Hall–Kier alpha value is -1.34. The summed E-state index contributed by atoms with van der Waals surface area (Å²) < 4.78 is 0. The predicted octanol–water partition coefficient (Wildman–Crippen LogP) is -0.0523. The van der Waals surface area contributed by atoms with E-state index in [1.54, 1.807) is 0 Å². The molecule has 7 nitrogen and oxygen atoms in total. The zero-order valence-electron chi connectivity index (χ0n) is 12.2. The minimum atomic E-state index is -1.07. The number of urea groups is 1. The molecule has 0 bridgehead atoms. The van der Waals surface area contributed by atoms with Crippen LogP contribution in [0.5, 0.6) is 0 Å². The second-order valence-corrected chi connectivity index (χ2v) is 5.01. The number of carbonyl (C=O) groups excluding carboxylic acids is 1. The van der Waals surface area contributed by atoms with Crippen molar-refractivity contribution in [2.75, 3.05) is 32.7 Å². The van der Waals surface area contributed by atoms with Crippen LogP contribution >= 0.6 is 0 Å². The van der Waals surface area contributed by atoms with Crippen LogP contribution in [0.15, 0.2) is 0 Å². The highest BCUT2D eigenvalue weighted by atomic mass is 16.4. The molecule has 1 saturated heterocycles. The maximum Gasteiger partial charge on any atom is 0.326 e. The first kappa shape index (κ1) is 16.7. The number of carboxylic acid groups (broad SMARTS) is 1. The third-order valence-corrected chi connectivity index (χ3v) is 3.65. The van der Waals surface area contributed by atoms with Crippen LogP contribution in [0, 0.1) is 0 Å². The summed E-state index contributed by atoms with van der Waals surface area (Å²) in [5.41, 5.74) is 0. The van der Waals surface area contributed by atoms with Crippen molar-refractivity contribution in [3.8, 4) is 0 Å². The lowest BCUT2D eigenvalue weighted by molar-refractivity contribution is -0.141. The Bertz CT molecular complexity index is 334. The van der Waals surface area contributed by atoms with Gasteiger partial charge in [-0.05, 0) is 26.1 Å². The Balaban J connectivity index is 2.33. The van der Waals surface area contributed by atoms with Crippen LogP contribution in [-0.2, 0) is 4.79 Å². The van der Waals surface area contributed by atoms with Crippen molar-refractivity contribution in [3.63, 3.8) is 0 Å². The normalized spacial score (nSPS) is 22.3. The van der Waals surface area contributed by atoms with E-state index >= 15 is 0 Å². The minimum Gasteiger partial charge on any atom is -0.480 e. The number of aliphatic hydroxyl groups is 1. The molecule has 0 aromatic heterocycles. The number of likely N-dealkylation sites (tertiary alicyclic amines) is 1. The lowest BCUT2D eigenvalue weighted by Crippen LogP contribution is -2.46. The summed E-state index contributed by atoms with van der Waals surface area (Å²) in [6, 6.07) is -1.33. The summed E-state index contributed by atoms with van der Waals surface area (Å²) in [5.74, 6) is -1.07. The molecule has 0 saturated carbocycles. The number of hydrogen-bond acceptors (Lipinski definition) is 4. The standard InChI is InChI=1S/C13H25N3O4/c1-3-15(4-2)7-5-6-14-13(20)16-9-10(17)8-11(16)12(18)19/h10-11,17H,3-9H2,1-2H3,(H,14,20)(H,18,19)/t10-,11-/m0/s1. The van der Waals surface area contributed by atoms with Gasteiger partial charge in [-0.2, -0.15) is 0 Å². The molecule has 0 aromatic carbocycles. The monoisotopic (exact) mass is 287 g/mol. The first-order chi connectivity index (χ1) is 9.49. The Labute approximate surface area is 119 Å². The molecule has 1 heterocycles. The number of nitrogens with zero attached hydrogens (tertiary/aromatic N) is 2. The van der Waals surface area contributed by atoms with Crippen LogP contribution in [0.4, 0.5) is 4.79 Å². The topological polar surface area (TPSA) is 93.1 Å². The molecule has 116 valence electrons. The molecule has 0 unspecified atom stereocenters. The van der Waals surface area contributed by atoms with Gasteiger partial charge in [0, 0.05) is 19.5 Å². The lowest BCUT2D eigenvalue weighted by atomic mass is 10.2. The van der Waals surface area contributed by atoms with Crippen molar-refractivity contribution < 1.29 is 19.8 Å². The van der Waals surface area contributed by atoms with E-state index in [1.807, 2.05) is 0 Å². The van der Waals surface area contributed by atoms with Crippen LogP contribution in [0.1, 0.15) is 26.7 Å². The number of β-amino-alcohol motifs (C(OH)–C–C–N with tert-alkyl or cyclic N) is 1. The highest BCUT2D eigenvalue weighted by Crippen LogP contribution is 2.17. The van der Waals surface area contributed by atoms with Crippen molar-refractivity contribution in [1.82, 2.24) is 15.1 Å². The Morgan fingerprint density at radius 2 is 2.00 bits per heavy atom. The van der Waals surface area contributed by atoms with E-state index in [1.165, 1.54) is 4.90 Å². The molecule has 2 amide bonds. The first-order valence-electron chi connectivity index (χ1n) is 7.17. The molecule has 7 heteroatoms. The van der Waals surface area contributed by atoms with E-state index in [9.17, 15) is 14.7 Å². The average molecular weight is 287 g/mol. The van der Waals surface area contributed by atoms with E-state index in [0.717, 1.165) is 26.1 Å². The smallest absolute Gasteiger partial charge is 0.326 e. The number of nitrogens with one attached hydrogen (secondary N) is 1. The largest absolute Gasteiger partial charge is 0.480 e. The van der Waals surface area contributed by atoms with Crippen LogP contribution in [0.25, 0.3) is 0 Å². The van der Waals surface area contributed by atoms with Crippen molar-refractivity contribution in [2.24, 2.45) is 0 Å². The molecule has 0 aliphatic carbocycles. The fraction of sp³-hybridized carbons (Fsp3) is 0.846. The van der Waals surface area contributed by atoms with E-state index in [2.05, 4.69) is 24.1 Å². The number of amides is 2. The van der Waals surface area contributed by atoms with Crippen LogP contribution in [-0.4, -0.2) is 76.9 Å². The third kappa shape index (κ3) is 4.64. The Morgan fingerprint density at radius 1 is 1.35 bits per heavy atom. The maximum absolute atomic E-state index is 11.9. The van der Waals surface area contributed by atoms with Gasteiger partial charge in [0.1, 0.15) is 6.04 Å². The van der Waals surface area contributed by atoms with Gasteiger partial charge in [-0.25, -0.2) is 9.59 Å². The van der Waals surface area contributed by atoms with Crippen molar-refractivity contribution in [1.29, 1.82) is 0 Å². The zero-order chi connectivity index (χ0) is 15.1. The van der Waals surface area contributed by atoms with E-state index < -0.39 is 24.1 Å². The van der Waals surface area contributed by atoms with Crippen molar-refractivity contribution in [3.05, 3.63) is 0 Å². The Kier molecular flexibility index (Phi) is 6.74. The van der Waals surface area contributed by atoms with Crippen molar-refractivity contribution >= 4 is 12.0 Å². The van der Waals surface area contributed by atoms with Gasteiger partial charge >= 0.3 is 12.0 Å². The predicted molar refractivity (Wildman–Crippen MR) is 74.6 cm³/mol. The number of rotatable bonds is 7. The maximum atomic E-state index is 11.9. The average Bonchev–Trinajstić information content (AvgIpc) is 2.81. The van der Waals surface area contributed by atoms with Crippen LogP contribution in [0.2, 0.25) is 0 Å². The zero-order valence-corrected chi connectivity index (χ0v) is 12.2. The van der Waals surface area contributed by atoms with Gasteiger partial charge < -0.3 is 25.3 Å². The number of aliphatic carboxylic acids is 1. The number of hydrogen-bond donors (Lipinski definition) is 3. The molecule has 2 atom stereocenters. The van der Waals surface area contributed by atoms with Gasteiger partial charge in [0.2, 0.25) is 0 Å². The molecule has 0 spiro atoms. The van der Waals surface area contributed by atoms with E-state index in [-0.39, 0.29) is 13.0 Å². The molecular weight excluding hydrogens is 262 g/mol. The van der Waals surface area contributed by atoms with Gasteiger partial charge in [-0.3, -0.25) is 0 Å². The highest BCUT2D eigenvalue weighted by molar-refractivity contribution is 5.83. The van der Waals surface area contributed by atoms with Gasteiger partial charge in [0.15, 0.2) is 0 Å². The molecule has 0 radical (unpaired) electrons.